The van der Waals surface area contributed by atoms with Gasteiger partial charge in [0.1, 0.15) is 11.9 Å². The molecule has 4 heteroatoms. The molecule has 0 aromatic carbocycles. The number of hydrogen-bond donors (Lipinski definition) is 1. The fourth-order valence-electron chi connectivity index (χ4n) is 1.74. The average Bonchev–Trinajstić information content (AvgIpc) is 2.43. The second kappa shape index (κ2) is 3.29. The summed E-state index contributed by atoms with van der Waals surface area (Å²) in [6, 6.07) is 3.61. The fraction of sp³-hybridized carbons (Fsp3) is 0.400. The minimum Gasteiger partial charge on any atom is -0.488 e. The van der Waals surface area contributed by atoms with Crippen LogP contribution in [0.25, 0.3) is 0 Å². The van der Waals surface area contributed by atoms with Crippen LogP contribution in [0.1, 0.15) is 25.0 Å². The van der Waals surface area contributed by atoms with Gasteiger partial charge in [0, 0.05) is 6.20 Å². The van der Waals surface area contributed by atoms with Crippen LogP contribution >= 0.6 is 0 Å². The summed E-state index contributed by atoms with van der Waals surface area (Å²) in [7, 11) is 0. The van der Waals surface area contributed by atoms with Gasteiger partial charge in [-0.2, -0.15) is 0 Å². The van der Waals surface area contributed by atoms with Gasteiger partial charge in [0.15, 0.2) is 0 Å². The zero-order chi connectivity index (χ0) is 10.1. The molecule has 2 rings (SSSR count). The average molecular weight is 193 g/mol. The highest BCUT2D eigenvalue weighted by atomic mass is 16.5. The molecule has 0 bridgehead atoms. The zero-order valence-corrected chi connectivity index (χ0v) is 7.80. The minimum absolute atomic E-state index is 0.0746. The van der Waals surface area contributed by atoms with Gasteiger partial charge in [-0.05, 0) is 19.1 Å². The van der Waals surface area contributed by atoms with Crippen molar-refractivity contribution in [2.45, 2.75) is 25.4 Å². The second-order valence-corrected chi connectivity index (χ2v) is 3.41. The number of carboxylic acids is 1. The molecule has 1 aliphatic heterocycles. The monoisotopic (exact) mass is 193 g/mol. The summed E-state index contributed by atoms with van der Waals surface area (Å²) < 4.78 is 5.49. The highest BCUT2D eigenvalue weighted by molar-refractivity contribution is 5.68. The zero-order valence-electron chi connectivity index (χ0n) is 7.80. The first kappa shape index (κ1) is 8.99. The molecule has 1 aromatic heterocycles. The van der Waals surface area contributed by atoms with Crippen LogP contribution < -0.4 is 4.74 Å². The summed E-state index contributed by atoms with van der Waals surface area (Å²) in [4.78, 5) is 14.8. The highest BCUT2D eigenvalue weighted by Crippen LogP contribution is 2.37. The number of rotatable bonds is 2. The Bertz CT molecular complexity index is 364. The van der Waals surface area contributed by atoms with E-state index in [9.17, 15) is 4.79 Å². The number of pyridine rings is 1. The molecular weight excluding hydrogens is 182 g/mol. The Balaban J connectivity index is 2.30. The first-order valence-electron chi connectivity index (χ1n) is 4.52. The molecule has 0 saturated heterocycles. The van der Waals surface area contributed by atoms with Crippen LogP contribution in [0.2, 0.25) is 0 Å². The molecule has 1 aliphatic rings. The molecule has 2 heterocycles. The molecule has 0 aliphatic carbocycles. The maximum absolute atomic E-state index is 10.6. The van der Waals surface area contributed by atoms with E-state index in [0.29, 0.717) is 5.75 Å². The minimum atomic E-state index is -0.816. The number of carboxylic acid groups (broad SMARTS) is 1. The largest absolute Gasteiger partial charge is 0.488 e. The third-order valence-corrected chi connectivity index (χ3v) is 2.42. The number of carbonyl (C=O) groups is 1. The van der Waals surface area contributed by atoms with Gasteiger partial charge >= 0.3 is 5.97 Å². The van der Waals surface area contributed by atoms with E-state index in [-0.39, 0.29) is 18.4 Å². The maximum atomic E-state index is 10.6. The predicted molar refractivity (Wildman–Crippen MR) is 49.3 cm³/mol. The van der Waals surface area contributed by atoms with Crippen molar-refractivity contribution >= 4 is 5.97 Å². The lowest BCUT2D eigenvalue weighted by Crippen LogP contribution is -2.17. The van der Waals surface area contributed by atoms with Gasteiger partial charge in [0.2, 0.25) is 0 Å². The van der Waals surface area contributed by atoms with Crippen molar-refractivity contribution in [1.82, 2.24) is 4.98 Å². The van der Waals surface area contributed by atoms with Crippen molar-refractivity contribution in [1.29, 1.82) is 0 Å². The van der Waals surface area contributed by atoms with Crippen molar-refractivity contribution in [3.8, 4) is 5.75 Å². The molecule has 2 atom stereocenters. The molecular formula is C10H11NO3. The lowest BCUT2D eigenvalue weighted by atomic mass is 9.97. The SMILES string of the molecule is C[C@H]1Oc2cccnc2[C@@H]1CC(=O)O. The van der Waals surface area contributed by atoms with E-state index in [4.69, 9.17) is 9.84 Å². The predicted octanol–water partition coefficient (Wildman–Crippen LogP) is 1.42. The van der Waals surface area contributed by atoms with Crippen LogP contribution in [0.5, 0.6) is 5.75 Å². The molecule has 14 heavy (non-hydrogen) atoms. The van der Waals surface area contributed by atoms with Gasteiger partial charge in [0.05, 0.1) is 18.0 Å². The van der Waals surface area contributed by atoms with Gasteiger partial charge in [-0.25, -0.2) is 0 Å². The van der Waals surface area contributed by atoms with Crippen LogP contribution in [0, 0.1) is 0 Å². The molecule has 0 amide bonds. The fourth-order valence-corrected chi connectivity index (χ4v) is 1.74. The van der Waals surface area contributed by atoms with E-state index in [2.05, 4.69) is 4.98 Å². The van der Waals surface area contributed by atoms with Gasteiger partial charge in [-0.1, -0.05) is 0 Å². The molecule has 0 spiro atoms. The first-order chi connectivity index (χ1) is 6.68. The van der Waals surface area contributed by atoms with E-state index in [0.717, 1.165) is 5.69 Å². The van der Waals surface area contributed by atoms with Gasteiger partial charge < -0.3 is 9.84 Å². The Morgan fingerprint density at radius 3 is 3.21 bits per heavy atom. The molecule has 0 unspecified atom stereocenters. The topological polar surface area (TPSA) is 59.4 Å². The Kier molecular flexibility index (Phi) is 2.11. The number of hydrogen-bond acceptors (Lipinski definition) is 3. The van der Waals surface area contributed by atoms with Crippen molar-refractivity contribution in [3.63, 3.8) is 0 Å². The summed E-state index contributed by atoms with van der Waals surface area (Å²) in [6.07, 6.45) is 1.64. The van der Waals surface area contributed by atoms with Crippen molar-refractivity contribution in [2.24, 2.45) is 0 Å². The Labute approximate surface area is 81.5 Å². The van der Waals surface area contributed by atoms with Crippen LogP contribution in [-0.2, 0) is 4.79 Å². The van der Waals surface area contributed by atoms with Crippen LogP contribution in [0.3, 0.4) is 0 Å². The van der Waals surface area contributed by atoms with E-state index >= 15 is 0 Å². The molecule has 1 N–H and O–H groups in total. The maximum Gasteiger partial charge on any atom is 0.304 e. The molecule has 4 nitrogen and oxygen atoms in total. The second-order valence-electron chi connectivity index (χ2n) is 3.41. The normalized spacial score (nSPS) is 24.1. The van der Waals surface area contributed by atoms with Gasteiger partial charge in [-0.3, -0.25) is 9.78 Å². The molecule has 0 saturated carbocycles. The van der Waals surface area contributed by atoms with Gasteiger partial charge in [0.25, 0.3) is 0 Å². The van der Waals surface area contributed by atoms with Crippen molar-refractivity contribution in [3.05, 3.63) is 24.0 Å². The Morgan fingerprint density at radius 2 is 2.50 bits per heavy atom. The third-order valence-electron chi connectivity index (χ3n) is 2.42. The quantitative estimate of drug-likeness (QED) is 0.771. The molecule has 1 aromatic rings. The number of nitrogens with zero attached hydrogens (tertiary/aromatic N) is 1. The Morgan fingerprint density at radius 1 is 1.71 bits per heavy atom. The standard InChI is InChI=1S/C10H11NO3/c1-6-7(5-9(12)13)10-8(14-6)3-2-4-11-10/h2-4,6-7H,5H2,1H3,(H,12,13)/t6-,7-/m1/s1. The van der Waals surface area contributed by atoms with Crippen LogP contribution in [-0.4, -0.2) is 22.2 Å². The highest BCUT2D eigenvalue weighted by Gasteiger charge is 2.33. The van der Waals surface area contributed by atoms with Crippen LogP contribution in [0.15, 0.2) is 18.3 Å². The summed E-state index contributed by atoms with van der Waals surface area (Å²) in [5.41, 5.74) is 0.766. The Hall–Kier alpha value is -1.58. The lowest BCUT2D eigenvalue weighted by Gasteiger charge is -2.10. The summed E-state index contributed by atoms with van der Waals surface area (Å²) in [6.45, 7) is 1.87. The van der Waals surface area contributed by atoms with Crippen molar-refractivity contribution in [2.75, 3.05) is 0 Å². The summed E-state index contributed by atoms with van der Waals surface area (Å²) in [5.74, 6) is -0.223. The molecule has 74 valence electrons. The van der Waals surface area contributed by atoms with Crippen molar-refractivity contribution < 1.29 is 14.6 Å². The first-order valence-corrected chi connectivity index (χ1v) is 4.52. The number of ether oxygens (including phenoxy) is 1. The van der Waals surface area contributed by atoms with E-state index in [1.807, 2.05) is 13.0 Å². The smallest absolute Gasteiger partial charge is 0.304 e. The summed E-state index contributed by atoms with van der Waals surface area (Å²) >= 11 is 0. The van der Waals surface area contributed by atoms with E-state index in [1.54, 1.807) is 12.3 Å². The lowest BCUT2D eigenvalue weighted by molar-refractivity contribution is -0.137. The van der Waals surface area contributed by atoms with Crippen LogP contribution in [0.4, 0.5) is 0 Å². The number of fused-ring (bicyclic) bond motifs is 1. The summed E-state index contributed by atoms with van der Waals surface area (Å²) in [5, 5.41) is 8.73. The molecule has 0 fully saturated rings. The molecule has 0 radical (unpaired) electrons. The third kappa shape index (κ3) is 1.43. The number of aliphatic carboxylic acids is 1. The van der Waals surface area contributed by atoms with Gasteiger partial charge in [-0.15, -0.1) is 0 Å². The van der Waals surface area contributed by atoms with E-state index < -0.39 is 5.97 Å². The van der Waals surface area contributed by atoms with E-state index in [1.165, 1.54) is 0 Å². The number of aromatic nitrogens is 1.